The minimum absolute atomic E-state index is 0.0220. The van der Waals surface area contributed by atoms with E-state index in [0.717, 1.165) is 61.2 Å². The van der Waals surface area contributed by atoms with E-state index >= 15 is 0 Å². The Bertz CT molecular complexity index is 1850. The van der Waals surface area contributed by atoms with E-state index in [9.17, 15) is 20.1 Å². The van der Waals surface area contributed by atoms with Crippen LogP contribution in [0.1, 0.15) is 75.2 Å². The van der Waals surface area contributed by atoms with Crippen molar-refractivity contribution in [3.63, 3.8) is 0 Å². The number of H-pyrrole nitrogens is 1. The number of β-amino-alcohol motifs (C(OH)–C–C–N with tert-alkyl or cyclic N) is 1. The molecule has 1 aromatic heterocycles. The van der Waals surface area contributed by atoms with Gasteiger partial charge in [0.25, 0.3) is 0 Å². The predicted octanol–water partition coefficient (Wildman–Crippen LogP) is 5.96. The van der Waals surface area contributed by atoms with Gasteiger partial charge in [0, 0.05) is 42.3 Å². The zero-order valence-corrected chi connectivity index (χ0v) is 30.7. The minimum atomic E-state index is -0.927. The molecule has 3 aromatic carbocycles. The maximum absolute atomic E-state index is 12.1. The zero-order valence-electron chi connectivity index (χ0n) is 30.7. The molecule has 0 spiro atoms. The summed E-state index contributed by atoms with van der Waals surface area (Å²) in [7, 11) is 0. The number of aromatic nitrogens is 1. The van der Waals surface area contributed by atoms with Crippen LogP contribution in [-0.2, 0) is 16.8 Å². The normalized spacial score (nSPS) is 23.8. The number of aliphatic hydroxyl groups is 2. The molecule has 3 atom stereocenters. The Morgan fingerprint density at radius 2 is 1.67 bits per heavy atom. The highest BCUT2D eigenvalue weighted by molar-refractivity contribution is 5.87. The first-order valence-electron chi connectivity index (χ1n) is 19.3. The highest BCUT2D eigenvalue weighted by Gasteiger charge is 2.48. The standard InChI is InChI=1S/C43H55N3O6/c1-42(2,44-27-38(48)35-16-18-37(47)41-36(35)17-19-40(49)45-41)26-30-12-14-34(15-13-30)51-25-24-46-22-20-31(21-23-46)39(28-46)52-29-43(50,33-10-6-7-11-33)32-8-4-3-5-9-32/h3-5,8-9,12-19,31,33,38-39,44,48,50H,6-7,10-11,20-29H2,1-2H3,(H-,45,47,49)/p+1/t31?,38-,39-,43+,46?/m0/s1. The highest BCUT2D eigenvalue weighted by atomic mass is 16.5. The first-order chi connectivity index (χ1) is 25.0. The van der Waals surface area contributed by atoms with E-state index in [4.69, 9.17) is 9.47 Å². The summed E-state index contributed by atoms with van der Waals surface area (Å²) in [5.41, 5.74) is 1.60. The topological polar surface area (TPSA) is 124 Å². The lowest BCUT2D eigenvalue weighted by Crippen LogP contribution is -2.65. The number of phenols is 1. The number of aromatic hydroxyl groups is 1. The van der Waals surface area contributed by atoms with Gasteiger partial charge in [-0.25, -0.2) is 0 Å². The fourth-order valence-corrected chi connectivity index (χ4v) is 9.19. The van der Waals surface area contributed by atoms with Crippen molar-refractivity contribution < 1.29 is 29.3 Å². The number of quaternary nitrogens is 1. The van der Waals surface area contributed by atoms with E-state index in [1.807, 2.05) is 30.3 Å². The van der Waals surface area contributed by atoms with Crippen molar-refractivity contribution in [2.45, 2.75) is 82.1 Å². The van der Waals surface area contributed by atoms with Crippen molar-refractivity contribution >= 4 is 10.9 Å². The Morgan fingerprint density at radius 3 is 2.40 bits per heavy atom. The molecule has 5 N–H and O–H groups in total. The molecular formula is C43H56N3O6+. The van der Waals surface area contributed by atoms with Gasteiger partial charge in [-0.15, -0.1) is 0 Å². The molecule has 3 aliphatic heterocycles. The Morgan fingerprint density at radius 1 is 0.942 bits per heavy atom. The third kappa shape index (κ3) is 8.09. The van der Waals surface area contributed by atoms with Crippen LogP contribution in [0.5, 0.6) is 11.5 Å². The SMILES string of the molecule is CC(C)(Cc1ccc(OCC[N+]23CCC(CC2)[C@@H](OC[C@@](O)(c2ccccc2)C2CCCC2)C3)cc1)NC[C@H](O)c1ccc(O)c2[nH]c(=O)ccc12. The molecule has 4 aromatic rings. The van der Waals surface area contributed by atoms with E-state index in [0.29, 0.717) is 42.1 Å². The first kappa shape index (κ1) is 36.6. The summed E-state index contributed by atoms with van der Waals surface area (Å²) in [5.74, 6) is 1.66. The maximum Gasteiger partial charge on any atom is 0.248 e. The van der Waals surface area contributed by atoms with Crippen LogP contribution in [0.2, 0.25) is 0 Å². The highest BCUT2D eigenvalue weighted by Crippen LogP contribution is 2.43. The zero-order chi connectivity index (χ0) is 36.3. The predicted molar refractivity (Wildman–Crippen MR) is 203 cm³/mol. The number of benzene rings is 3. The summed E-state index contributed by atoms with van der Waals surface area (Å²) in [6.07, 6.45) is 6.92. The lowest BCUT2D eigenvalue weighted by molar-refractivity contribution is -0.946. The van der Waals surface area contributed by atoms with Crippen LogP contribution >= 0.6 is 0 Å². The molecular weight excluding hydrogens is 654 g/mol. The fraction of sp³-hybridized carbons (Fsp3) is 0.512. The van der Waals surface area contributed by atoms with Crippen LogP contribution < -0.4 is 15.6 Å². The van der Waals surface area contributed by atoms with Crippen molar-refractivity contribution in [1.82, 2.24) is 10.3 Å². The van der Waals surface area contributed by atoms with Gasteiger partial charge in [-0.2, -0.15) is 0 Å². The van der Waals surface area contributed by atoms with Crippen LogP contribution in [0.4, 0.5) is 0 Å². The molecule has 9 nitrogen and oxygen atoms in total. The van der Waals surface area contributed by atoms with Gasteiger partial charge in [0.05, 0.1) is 31.3 Å². The molecule has 9 heteroatoms. The molecule has 4 heterocycles. The van der Waals surface area contributed by atoms with Gasteiger partial charge in [0.1, 0.15) is 42.9 Å². The van der Waals surface area contributed by atoms with Crippen molar-refractivity contribution in [2.75, 3.05) is 45.9 Å². The molecule has 4 fully saturated rings. The summed E-state index contributed by atoms with van der Waals surface area (Å²) >= 11 is 0. The quantitative estimate of drug-likeness (QED) is 0.0966. The van der Waals surface area contributed by atoms with E-state index in [1.165, 1.54) is 43.4 Å². The van der Waals surface area contributed by atoms with E-state index < -0.39 is 11.7 Å². The third-order valence-electron chi connectivity index (χ3n) is 12.3. The molecule has 8 rings (SSSR count). The molecule has 0 amide bonds. The van der Waals surface area contributed by atoms with E-state index in [-0.39, 0.29) is 28.9 Å². The van der Waals surface area contributed by atoms with Gasteiger partial charge in [0.2, 0.25) is 5.56 Å². The van der Waals surface area contributed by atoms with Gasteiger partial charge in [-0.1, -0.05) is 61.4 Å². The number of nitrogens with one attached hydrogen (secondary N) is 2. The van der Waals surface area contributed by atoms with Gasteiger partial charge < -0.3 is 39.6 Å². The summed E-state index contributed by atoms with van der Waals surface area (Å²) in [6, 6.07) is 24.7. The number of hydrogen-bond acceptors (Lipinski definition) is 7. The van der Waals surface area contributed by atoms with Crippen LogP contribution in [0.25, 0.3) is 10.9 Å². The number of nitrogens with zero attached hydrogens (tertiary/aromatic N) is 1. The van der Waals surface area contributed by atoms with Crippen LogP contribution in [0.3, 0.4) is 0 Å². The fourth-order valence-electron chi connectivity index (χ4n) is 9.19. The summed E-state index contributed by atoms with van der Waals surface area (Å²) in [6.45, 7) is 9.83. The number of aliphatic hydroxyl groups excluding tert-OH is 1. The molecule has 52 heavy (non-hydrogen) atoms. The van der Waals surface area contributed by atoms with Crippen molar-refractivity contribution in [3.8, 4) is 11.5 Å². The molecule has 0 unspecified atom stereocenters. The summed E-state index contributed by atoms with van der Waals surface area (Å²) in [4.78, 5) is 14.4. The number of ether oxygens (including phenoxy) is 2. The van der Waals surface area contributed by atoms with Crippen molar-refractivity contribution in [3.05, 3.63) is 106 Å². The molecule has 2 bridgehead atoms. The lowest BCUT2D eigenvalue weighted by Gasteiger charge is -2.52. The Kier molecular flexibility index (Phi) is 10.8. The Balaban J connectivity index is 0.894. The Labute approximate surface area is 307 Å². The van der Waals surface area contributed by atoms with Gasteiger partial charge in [-0.05, 0) is 80.0 Å². The number of fused-ring (bicyclic) bond motifs is 4. The number of rotatable bonds is 15. The van der Waals surface area contributed by atoms with Crippen molar-refractivity contribution in [2.24, 2.45) is 11.8 Å². The minimum Gasteiger partial charge on any atom is -0.506 e. The molecule has 0 radical (unpaired) electrons. The molecule has 278 valence electrons. The molecule has 4 aliphatic rings. The van der Waals surface area contributed by atoms with Crippen molar-refractivity contribution in [1.29, 1.82) is 0 Å². The molecule has 3 saturated heterocycles. The van der Waals surface area contributed by atoms with Gasteiger partial charge in [-0.3, -0.25) is 4.79 Å². The average Bonchev–Trinajstić information content (AvgIpc) is 3.71. The number of aromatic amines is 1. The molecule has 1 aliphatic carbocycles. The third-order valence-corrected chi connectivity index (χ3v) is 12.3. The maximum atomic E-state index is 12.1. The van der Waals surface area contributed by atoms with E-state index in [1.54, 1.807) is 12.1 Å². The number of piperidine rings is 3. The number of phenolic OH excluding ortho intramolecular Hbond substituents is 1. The number of hydrogen-bond donors (Lipinski definition) is 5. The average molecular weight is 711 g/mol. The van der Waals surface area contributed by atoms with Crippen LogP contribution in [0.15, 0.2) is 83.7 Å². The smallest absolute Gasteiger partial charge is 0.248 e. The van der Waals surface area contributed by atoms with Gasteiger partial charge in [0.15, 0.2) is 0 Å². The lowest BCUT2D eigenvalue weighted by atomic mass is 9.80. The second-order valence-corrected chi connectivity index (χ2v) is 16.4. The Hall–Kier alpha value is -3.73. The number of pyridine rings is 1. The van der Waals surface area contributed by atoms with E-state index in [2.05, 4.69) is 48.4 Å². The van der Waals surface area contributed by atoms with Crippen LogP contribution in [0, 0.1) is 11.8 Å². The summed E-state index contributed by atoms with van der Waals surface area (Å²) in [5, 5.41) is 37.4. The van der Waals surface area contributed by atoms with Crippen LogP contribution in [-0.4, -0.2) is 82.4 Å². The molecule has 1 saturated carbocycles. The second-order valence-electron chi connectivity index (χ2n) is 16.4. The first-order valence-corrected chi connectivity index (χ1v) is 19.3. The summed E-state index contributed by atoms with van der Waals surface area (Å²) < 4.78 is 14.1. The monoisotopic (exact) mass is 710 g/mol. The van der Waals surface area contributed by atoms with Gasteiger partial charge >= 0.3 is 0 Å². The second kappa shape index (κ2) is 15.3. The largest absolute Gasteiger partial charge is 0.506 e.